The van der Waals surface area contributed by atoms with Gasteiger partial charge in [0.1, 0.15) is 0 Å². The molecular formula is C9H18. The number of hydrogen-bond acceptors (Lipinski definition) is 0. The van der Waals surface area contributed by atoms with Crippen LogP contribution in [0.2, 0.25) is 0 Å². The molecule has 0 aromatic carbocycles. The number of hydrogen-bond donors (Lipinski definition) is 0. The van der Waals surface area contributed by atoms with E-state index in [2.05, 4.69) is 20.8 Å². The van der Waals surface area contributed by atoms with Crippen LogP contribution in [-0.4, -0.2) is 0 Å². The van der Waals surface area contributed by atoms with Crippen LogP contribution < -0.4 is 0 Å². The molecule has 0 aliphatic heterocycles. The molecule has 0 aromatic rings. The highest BCUT2D eigenvalue weighted by Gasteiger charge is 2.25. The molecule has 0 N–H and O–H groups in total. The van der Waals surface area contributed by atoms with Crippen molar-refractivity contribution in [3.05, 3.63) is 0 Å². The first-order valence-electron chi connectivity index (χ1n) is 4.22. The predicted molar refractivity (Wildman–Crippen MR) is 41.3 cm³/mol. The fourth-order valence-corrected chi connectivity index (χ4v) is 1.51. The maximum absolute atomic E-state index is 2.40. The summed E-state index contributed by atoms with van der Waals surface area (Å²) < 4.78 is 0. The first-order chi connectivity index (χ1) is 4.22. The highest BCUT2D eigenvalue weighted by molar-refractivity contribution is 4.76. The molecule has 54 valence electrons. The Hall–Kier alpha value is 0. The first-order valence-corrected chi connectivity index (χ1v) is 4.22. The summed E-state index contributed by atoms with van der Waals surface area (Å²) in [6, 6.07) is 0. The Morgan fingerprint density at radius 2 is 1.67 bits per heavy atom. The van der Waals surface area contributed by atoms with Gasteiger partial charge in [0, 0.05) is 0 Å². The molecule has 1 rings (SSSR count). The lowest BCUT2D eigenvalue weighted by atomic mass is 9.72. The zero-order valence-electron chi connectivity index (χ0n) is 6.85. The minimum Gasteiger partial charge on any atom is -0.0625 e. The Kier molecular flexibility index (Phi) is 2.15. The maximum Gasteiger partial charge on any atom is -0.0386 e. The van der Waals surface area contributed by atoms with Crippen molar-refractivity contribution in [2.45, 2.75) is 40.0 Å². The SMILES string of the molecule is CC(C)[C@H](C)C1CCC1. The Bertz CT molecular complexity index is 80.0. The van der Waals surface area contributed by atoms with Gasteiger partial charge in [-0.05, 0) is 17.8 Å². The monoisotopic (exact) mass is 126 g/mol. The topological polar surface area (TPSA) is 0 Å². The third-order valence-electron chi connectivity index (χ3n) is 2.94. The van der Waals surface area contributed by atoms with Crippen molar-refractivity contribution >= 4 is 0 Å². The molecule has 9 heavy (non-hydrogen) atoms. The van der Waals surface area contributed by atoms with E-state index in [9.17, 15) is 0 Å². The van der Waals surface area contributed by atoms with Crippen LogP contribution in [0.3, 0.4) is 0 Å². The zero-order chi connectivity index (χ0) is 6.85. The number of rotatable bonds is 2. The van der Waals surface area contributed by atoms with Gasteiger partial charge < -0.3 is 0 Å². The van der Waals surface area contributed by atoms with Crippen molar-refractivity contribution in [2.75, 3.05) is 0 Å². The average Bonchev–Trinajstić information content (AvgIpc) is 1.60. The Balaban J connectivity index is 2.23. The second kappa shape index (κ2) is 2.72. The van der Waals surface area contributed by atoms with E-state index in [-0.39, 0.29) is 0 Å². The molecule has 0 bridgehead atoms. The Labute approximate surface area is 58.7 Å². The molecule has 0 amide bonds. The average molecular weight is 126 g/mol. The molecule has 0 heterocycles. The molecule has 0 saturated heterocycles. The normalized spacial score (nSPS) is 24.0. The van der Waals surface area contributed by atoms with Gasteiger partial charge in [-0.3, -0.25) is 0 Å². The van der Waals surface area contributed by atoms with Crippen molar-refractivity contribution in [3.63, 3.8) is 0 Å². The summed E-state index contributed by atoms with van der Waals surface area (Å²) in [6.07, 6.45) is 4.49. The first kappa shape index (κ1) is 7.11. The van der Waals surface area contributed by atoms with Crippen LogP contribution in [0.1, 0.15) is 40.0 Å². The fraction of sp³-hybridized carbons (Fsp3) is 1.00. The zero-order valence-corrected chi connectivity index (χ0v) is 6.85. The summed E-state index contributed by atoms with van der Waals surface area (Å²) in [5.74, 6) is 2.94. The fourth-order valence-electron chi connectivity index (χ4n) is 1.51. The van der Waals surface area contributed by atoms with E-state index in [4.69, 9.17) is 0 Å². The molecule has 0 radical (unpaired) electrons. The van der Waals surface area contributed by atoms with Crippen LogP contribution in [-0.2, 0) is 0 Å². The van der Waals surface area contributed by atoms with Gasteiger partial charge in [0.15, 0.2) is 0 Å². The molecule has 0 aromatic heterocycles. The van der Waals surface area contributed by atoms with E-state index >= 15 is 0 Å². The molecule has 0 unspecified atom stereocenters. The van der Waals surface area contributed by atoms with Gasteiger partial charge in [-0.15, -0.1) is 0 Å². The van der Waals surface area contributed by atoms with E-state index in [0.29, 0.717) is 0 Å². The van der Waals surface area contributed by atoms with Gasteiger partial charge in [-0.1, -0.05) is 40.0 Å². The highest BCUT2D eigenvalue weighted by atomic mass is 14.3. The third kappa shape index (κ3) is 1.47. The molecule has 1 aliphatic rings. The lowest BCUT2D eigenvalue weighted by Gasteiger charge is -2.33. The molecule has 0 spiro atoms. The summed E-state index contributed by atoms with van der Waals surface area (Å²) in [4.78, 5) is 0. The van der Waals surface area contributed by atoms with Gasteiger partial charge in [0.05, 0.1) is 0 Å². The summed E-state index contributed by atoms with van der Waals surface area (Å²) in [6.45, 7) is 7.07. The molecule has 0 heteroatoms. The van der Waals surface area contributed by atoms with E-state index in [1.165, 1.54) is 19.3 Å². The van der Waals surface area contributed by atoms with Gasteiger partial charge in [-0.2, -0.15) is 0 Å². The molecule has 1 aliphatic carbocycles. The van der Waals surface area contributed by atoms with Crippen LogP contribution >= 0.6 is 0 Å². The Morgan fingerprint density at radius 3 is 1.78 bits per heavy atom. The summed E-state index contributed by atoms with van der Waals surface area (Å²) >= 11 is 0. The van der Waals surface area contributed by atoms with Crippen molar-refractivity contribution in [3.8, 4) is 0 Å². The van der Waals surface area contributed by atoms with Crippen molar-refractivity contribution in [2.24, 2.45) is 17.8 Å². The van der Waals surface area contributed by atoms with Crippen molar-refractivity contribution in [1.82, 2.24) is 0 Å². The molecule has 1 fully saturated rings. The third-order valence-corrected chi connectivity index (χ3v) is 2.94. The van der Waals surface area contributed by atoms with Crippen LogP contribution in [0.5, 0.6) is 0 Å². The standard InChI is InChI=1S/C9H18/c1-7(2)8(3)9-5-4-6-9/h7-9H,4-6H2,1-3H3/t8-/m0/s1. The van der Waals surface area contributed by atoms with Crippen LogP contribution in [0.25, 0.3) is 0 Å². The van der Waals surface area contributed by atoms with E-state index < -0.39 is 0 Å². The highest BCUT2D eigenvalue weighted by Crippen LogP contribution is 2.36. The Morgan fingerprint density at radius 1 is 1.11 bits per heavy atom. The van der Waals surface area contributed by atoms with Crippen LogP contribution in [0.4, 0.5) is 0 Å². The van der Waals surface area contributed by atoms with Crippen LogP contribution in [0, 0.1) is 17.8 Å². The van der Waals surface area contributed by atoms with E-state index in [1.54, 1.807) is 0 Å². The van der Waals surface area contributed by atoms with Crippen molar-refractivity contribution in [1.29, 1.82) is 0 Å². The quantitative estimate of drug-likeness (QED) is 0.533. The largest absolute Gasteiger partial charge is 0.0625 e. The molecule has 1 saturated carbocycles. The van der Waals surface area contributed by atoms with Crippen LogP contribution in [0.15, 0.2) is 0 Å². The maximum atomic E-state index is 2.40. The lowest BCUT2D eigenvalue weighted by Crippen LogP contribution is -2.23. The molecular weight excluding hydrogens is 108 g/mol. The summed E-state index contributed by atoms with van der Waals surface area (Å²) in [7, 11) is 0. The van der Waals surface area contributed by atoms with Crippen molar-refractivity contribution < 1.29 is 0 Å². The lowest BCUT2D eigenvalue weighted by molar-refractivity contribution is 0.176. The van der Waals surface area contributed by atoms with Gasteiger partial charge >= 0.3 is 0 Å². The second-order valence-corrected chi connectivity index (χ2v) is 3.79. The molecule has 0 nitrogen and oxygen atoms in total. The summed E-state index contributed by atoms with van der Waals surface area (Å²) in [5, 5.41) is 0. The second-order valence-electron chi connectivity index (χ2n) is 3.79. The van der Waals surface area contributed by atoms with E-state index in [0.717, 1.165) is 17.8 Å². The van der Waals surface area contributed by atoms with Gasteiger partial charge in [0.2, 0.25) is 0 Å². The van der Waals surface area contributed by atoms with Gasteiger partial charge in [-0.25, -0.2) is 0 Å². The smallest absolute Gasteiger partial charge is 0.0386 e. The van der Waals surface area contributed by atoms with E-state index in [1.807, 2.05) is 0 Å². The minimum atomic E-state index is 0.898. The minimum absolute atomic E-state index is 0.898. The predicted octanol–water partition coefficient (Wildman–Crippen LogP) is 3.08. The summed E-state index contributed by atoms with van der Waals surface area (Å²) in [5.41, 5.74) is 0. The molecule has 1 atom stereocenters. The van der Waals surface area contributed by atoms with Gasteiger partial charge in [0.25, 0.3) is 0 Å².